The van der Waals surface area contributed by atoms with Crippen molar-refractivity contribution in [2.24, 2.45) is 0 Å². The standard InChI is InChI=1S/C22H21ClN4O3/c1-27(12-14-2-6-16(7-3-14)22(29)30)13-15-4-8-17(9-5-15)25-21(28)20-18(24)10-11-19(23)26-20/h2-11H,12-13,24H2,1H3,(H,25,28)(H,29,30). The van der Waals surface area contributed by atoms with E-state index in [1.807, 2.05) is 43.4 Å². The average Bonchev–Trinajstić information content (AvgIpc) is 2.71. The summed E-state index contributed by atoms with van der Waals surface area (Å²) in [5.74, 6) is -1.36. The van der Waals surface area contributed by atoms with Crippen LogP contribution in [0.3, 0.4) is 0 Å². The number of carbonyl (C=O) groups excluding carboxylic acids is 1. The van der Waals surface area contributed by atoms with Gasteiger partial charge in [0.15, 0.2) is 5.69 Å². The fourth-order valence-corrected chi connectivity index (χ4v) is 3.09. The number of carbonyl (C=O) groups is 2. The molecule has 0 aliphatic carbocycles. The molecule has 0 aliphatic heterocycles. The lowest BCUT2D eigenvalue weighted by atomic mass is 10.1. The Labute approximate surface area is 179 Å². The molecule has 2 aromatic carbocycles. The summed E-state index contributed by atoms with van der Waals surface area (Å²) in [6.45, 7) is 1.37. The Kier molecular flexibility index (Phi) is 6.66. The number of aromatic nitrogens is 1. The molecule has 0 spiro atoms. The van der Waals surface area contributed by atoms with Gasteiger partial charge in [0, 0.05) is 18.8 Å². The summed E-state index contributed by atoms with van der Waals surface area (Å²) < 4.78 is 0. The third kappa shape index (κ3) is 5.56. The maximum atomic E-state index is 12.4. The molecule has 3 rings (SSSR count). The fourth-order valence-electron chi connectivity index (χ4n) is 2.94. The second-order valence-electron chi connectivity index (χ2n) is 6.90. The van der Waals surface area contributed by atoms with Gasteiger partial charge in [-0.2, -0.15) is 0 Å². The molecule has 3 aromatic rings. The van der Waals surface area contributed by atoms with Gasteiger partial charge in [0.05, 0.1) is 11.3 Å². The number of nitrogens with two attached hydrogens (primary N) is 1. The van der Waals surface area contributed by atoms with Crippen LogP contribution in [-0.4, -0.2) is 33.9 Å². The van der Waals surface area contributed by atoms with Crippen LogP contribution in [0.25, 0.3) is 0 Å². The molecule has 0 saturated heterocycles. The third-order valence-electron chi connectivity index (χ3n) is 4.43. The number of halogens is 1. The number of carboxylic acid groups (broad SMARTS) is 1. The first-order chi connectivity index (χ1) is 14.3. The summed E-state index contributed by atoms with van der Waals surface area (Å²) in [4.78, 5) is 29.4. The van der Waals surface area contributed by atoms with E-state index in [1.54, 1.807) is 18.2 Å². The zero-order valence-electron chi connectivity index (χ0n) is 16.3. The van der Waals surface area contributed by atoms with Crippen molar-refractivity contribution < 1.29 is 14.7 Å². The van der Waals surface area contributed by atoms with E-state index in [0.29, 0.717) is 18.8 Å². The highest BCUT2D eigenvalue weighted by molar-refractivity contribution is 6.29. The molecule has 0 aliphatic rings. The zero-order chi connectivity index (χ0) is 21.7. The number of nitrogens with zero attached hydrogens (tertiary/aromatic N) is 2. The number of rotatable bonds is 7. The molecule has 0 radical (unpaired) electrons. The van der Waals surface area contributed by atoms with Gasteiger partial charge in [-0.3, -0.25) is 9.69 Å². The maximum absolute atomic E-state index is 12.4. The molecule has 7 nitrogen and oxygen atoms in total. The number of nitrogen functional groups attached to an aromatic ring is 1. The van der Waals surface area contributed by atoms with Gasteiger partial charge in [-0.25, -0.2) is 9.78 Å². The molecule has 8 heteroatoms. The highest BCUT2D eigenvalue weighted by atomic mass is 35.5. The van der Waals surface area contributed by atoms with Crippen molar-refractivity contribution in [2.45, 2.75) is 13.1 Å². The molecule has 0 unspecified atom stereocenters. The largest absolute Gasteiger partial charge is 0.478 e. The van der Waals surface area contributed by atoms with E-state index in [1.165, 1.54) is 6.07 Å². The van der Waals surface area contributed by atoms with Crippen molar-refractivity contribution in [1.29, 1.82) is 0 Å². The van der Waals surface area contributed by atoms with Crippen LogP contribution < -0.4 is 11.1 Å². The monoisotopic (exact) mass is 424 g/mol. The zero-order valence-corrected chi connectivity index (χ0v) is 17.1. The number of aromatic carboxylic acids is 1. The Morgan fingerprint density at radius 2 is 1.57 bits per heavy atom. The van der Waals surface area contributed by atoms with Gasteiger partial charge in [0.1, 0.15) is 5.15 Å². The molecule has 0 fully saturated rings. The number of anilines is 2. The molecule has 0 atom stereocenters. The Morgan fingerprint density at radius 3 is 2.13 bits per heavy atom. The van der Waals surface area contributed by atoms with E-state index in [-0.39, 0.29) is 22.1 Å². The number of benzene rings is 2. The van der Waals surface area contributed by atoms with E-state index < -0.39 is 11.9 Å². The van der Waals surface area contributed by atoms with Crippen molar-refractivity contribution in [3.8, 4) is 0 Å². The summed E-state index contributed by atoms with van der Waals surface area (Å²) >= 11 is 5.84. The van der Waals surface area contributed by atoms with Crippen LogP contribution in [0, 0.1) is 0 Å². The molecule has 1 amide bonds. The van der Waals surface area contributed by atoms with Crippen molar-refractivity contribution in [2.75, 3.05) is 18.1 Å². The normalized spacial score (nSPS) is 10.8. The second-order valence-corrected chi connectivity index (χ2v) is 7.28. The van der Waals surface area contributed by atoms with Crippen molar-refractivity contribution in [3.63, 3.8) is 0 Å². The number of hydrogen-bond acceptors (Lipinski definition) is 5. The molecule has 1 heterocycles. The number of nitrogens with one attached hydrogen (secondary N) is 1. The van der Waals surface area contributed by atoms with Gasteiger partial charge in [-0.1, -0.05) is 35.9 Å². The number of hydrogen-bond donors (Lipinski definition) is 3. The highest BCUT2D eigenvalue weighted by Gasteiger charge is 2.13. The minimum Gasteiger partial charge on any atom is -0.478 e. The summed E-state index contributed by atoms with van der Waals surface area (Å²) in [5, 5.41) is 11.9. The van der Waals surface area contributed by atoms with Crippen LogP contribution >= 0.6 is 11.6 Å². The van der Waals surface area contributed by atoms with Gasteiger partial charge in [0.2, 0.25) is 0 Å². The molecule has 4 N–H and O–H groups in total. The molecule has 0 saturated carbocycles. The molecule has 30 heavy (non-hydrogen) atoms. The van der Waals surface area contributed by atoms with Crippen LogP contribution in [0.1, 0.15) is 32.0 Å². The summed E-state index contributed by atoms with van der Waals surface area (Å²) in [6.07, 6.45) is 0. The van der Waals surface area contributed by atoms with Crippen LogP contribution in [0.15, 0.2) is 60.7 Å². The Bertz CT molecular complexity index is 1050. The predicted octanol–water partition coefficient (Wildman–Crippen LogP) is 3.90. The average molecular weight is 425 g/mol. The minimum atomic E-state index is -0.934. The van der Waals surface area contributed by atoms with E-state index >= 15 is 0 Å². The maximum Gasteiger partial charge on any atom is 0.335 e. The topological polar surface area (TPSA) is 109 Å². The Hall–Kier alpha value is -3.42. The lowest BCUT2D eigenvalue weighted by molar-refractivity contribution is 0.0696. The van der Waals surface area contributed by atoms with E-state index in [4.69, 9.17) is 22.4 Å². The van der Waals surface area contributed by atoms with Crippen molar-refractivity contribution in [3.05, 3.63) is 88.2 Å². The molecular formula is C22H21ClN4O3. The number of pyridine rings is 1. The van der Waals surface area contributed by atoms with Crippen LogP contribution in [0.4, 0.5) is 11.4 Å². The quantitative estimate of drug-likeness (QED) is 0.496. The Balaban J connectivity index is 1.58. The highest BCUT2D eigenvalue weighted by Crippen LogP contribution is 2.17. The summed E-state index contributed by atoms with van der Waals surface area (Å²) in [6, 6.07) is 17.4. The lowest BCUT2D eigenvalue weighted by Gasteiger charge is -2.17. The van der Waals surface area contributed by atoms with Crippen LogP contribution in [0.2, 0.25) is 5.15 Å². The first-order valence-corrected chi connectivity index (χ1v) is 9.52. The number of amides is 1. The third-order valence-corrected chi connectivity index (χ3v) is 4.64. The van der Waals surface area contributed by atoms with Gasteiger partial charge >= 0.3 is 5.97 Å². The van der Waals surface area contributed by atoms with Crippen molar-refractivity contribution >= 4 is 34.9 Å². The second kappa shape index (κ2) is 9.39. The van der Waals surface area contributed by atoms with Crippen LogP contribution in [0.5, 0.6) is 0 Å². The summed E-state index contributed by atoms with van der Waals surface area (Å²) in [7, 11) is 1.98. The first kappa shape index (κ1) is 21.3. The SMILES string of the molecule is CN(Cc1ccc(NC(=O)c2nc(Cl)ccc2N)cc1)Cc1ccc(C(=O)O)cc1. The molecular weight excluding hydrogens is 404 g/mol. The predicted molar refractivity (Wildman–Crippen MR) is 117 cm³/mol. The summed E-state index contributed by atoms with van der Waals surface area (Å²) in [5.41, 5.74) is 9.12. The van der Waals surface area contributed by atoms with E-state index in [9.17, 15) is 9.59 Å². The lowest BCUT2D eigenvalue weighted by Crippen LogP contribution is -2.18. The molecule has 0 bridgehead atoms. The van der Waals surface area contributed by atoms with E-state index in [2.05, 4.69) is 15.2 Å². The Morgan fingerprint density at radius 1 is 1.00 bits per heavy atom. The van der Waals surface area contributed by atoms with Crippen molar-refractivity contribution in [1.82, 2.24) is 9.88 Å². The minimum absolute atomic E-state index is 0.0835. The number of carboxylic acids is 1. The first-order valence-electron chi connectivity index (χ1n) is 9.15. The van der Waals surface area contributed by atoms with Gasteiger partial charge in [-0.05, 0) is 54.6 Å². The molecule has 154 valence electrons. The van der Waals surface area contributed by atoms with E-state index in [0.717, 1.165) is 11.1 Å². The van der Waals surface area contributed by atoms with Gasteiger partial charge < -0.3 is 16.2 Å². The van der Waals surface area contributed by atoms with Gasteiger partial charge in [0.25, 0.3) is 5.91 Å². The molecule has 1 aromatic heterocycles. The smallest absolute Gasteiger partial charge is 0.335 e. The fraction of sp³-hybridized carbons (Fsp3) is 0.136. The van der Waals surface area contributed by atoms with Gasteiger partial charge in [-0.15, -0.1) is 0 Å². The van der Waals surface area contributed by atoms with Crippen LogP contribution in [-0.2, 0) is 13.1 Å².